The average molecular weight is 424 g/mol. The van der Waals surface area contributed by atoms with Gasteiger partial charge in [0.1, 0.15) is 11.9 Å². The molecule has 0 saturated heterocycles. The van der Waals surface area contributed by atoms with E-state index in [1.165, 1.54) is 12.1 Å². The van der Waals surface area contributed by atoms with Crippen molar-refractivity contribution in [2.24, 2.45) is 0 Å². The second-order valence-corrected chi connectivity index (χ2v) is 7.44. The molecule has 0 aliphatic heterocycles. The van der Waals surface area contributed by atoms with E-state index in [0.717, 1.165) is 17.0 Å². The van der Waals surface area contributed by atoms with E-state index in [4.69, 9.17) is 23.2 Å². The van der Waals surface area contributed by atoms with Gasteiger partial charge in [-0.15, -0.1) is 0 Å². The fourth-order valence-electron chi connectivity index (χ4n) is 2.90. The highest BCUT2D eigenvalue weighted by Gasteiger charge is 2.21. The highest BCUT2D eigenvalue weighted by atomic mass is 35.5. The van der Waals surface area contributed by atoms with Crippen LogP contribution in [0.1, 0.15) is 35.6 Å². The molecule has 0 spiro atoms. The molecule has 1 N–H and O–H groups in total. The van der Waals surface area contributed by atoms with Crippen molar-refractivity contribution in [1.82, 2.24) is 19.6 Å². The van der Waals surface area contributed by atoms with Crippen LogP contribution in [0, 0.1) is 26.6 Å². The van der Waals surface area contributed by atoms with E-state index in [1.54, 1.807) is 35.3 Å². The Hall–Kier alpha value is -2.38. The first-order valence-corrected chi connectivity index (χ1v) is 9.43. The number of aryl methyl sites for hydroxylation is 2. The van der Waals surface area contributed by atoms with Gasteiger partial charge < -0.3 is 5.32 Å². The normalized spacial score (nSPS) is 12.2. The van der Waals surface area contributed by atoms with Crippen molar-refractivity contribution in [2.45, 2.75) is 40.3 Å². The first-order valence-electron chi connectivity index (χ1n) is 8.67. The van der Waals surface area contributed by atoms with E-state index >= 15 is 0 Å². The third-order valence-corrected chi connectivity index (χ3v) is 5.45. The van der Waals surface area contributed by atoms with Crippen molar-refractivity contribution in [1.29, 1.82) is 0 Å². The predicted molar refractivity (Wildman–Crippen MR) is 108 cm³/mol. The van der Waals surface area contributed by atoms with E-state index in [2.05, 4.69) is 15.5 Å². The molecule has 9 heteroatoms. The summed E-state index contributed by atoms with van der Waals surface area (Å²) in [6.45, 7) is 7.58. The Kier molecular flexibility index (Phi) is 5.76. The molecule has 0 fully saturated rings. The molecule has 1 aromatic carbocycles. The molecule has 0 bridgehead atoms. The standard InChI is InChI=1S/C19H20Cl2FN5O/c1-10-7-17(25-26(10)9-14-5-6-15(22)8-16(14)20)23-19(28)13(4)27-12(3)18(21)11(2)24-27/h5-8,13H,9H2,1-4H3,(H,23,25,28). The molecule has 2 aromatic heterocycles. The Bertz CT molecular complexity index is 1040. The second-order valence-electron chi connectivity index (χ2n) is 6.66. The van der Waals surface area contributed by atoms with Gasteiger partial charge in [0.15, 0.2) is 5.82 Å². The number of nitrogens with one attached hydrogen (secondary N) is 1. The fourth-order valence-corrected chi connectivity index (χ4v) is 3.26. The third-order valence-electron chi connectivity index (χ3n) is 4.55. The van der Waals surface area contributed by atoms with Crippen molar-refractivity contribution >= 4 is 34.9 Å². The van der Waals surface area contributed by atoms with Gasteiger partial charge >= 0.3 is 0 Å². The molecule has 0 aliphatic rings. The Morgan fingerprint density at radius 1 is 1.21 bits per heavy atom. The smallest absolute Gasteiger partial charge is 0.250 e. The van der Waals surface area contributed by atoms with Crippen LogP contribution in [0.2, 0.25) is 10.0 Å². The monoisotopic (exact) mass is 423 g/mol. The minimum absolute atomic E-state index is 0.258. The molecule has 2 heterocycles. The van der Waals surface area contributed by atoms with Crippen molar-refractivity contribution in [3.05, 3.63) is 62.8 Å². The zero-order chi connectivity index (χ0) is 20.6. The van der Waals surface area contributed by atoms with Gasteiger partial charge in [0, 0.05) is 16.8 Å². The number of amides is 1. The molecule has 0 radical (unpaired) electrons. The molecule has 0 aliphatic carbocycles. The van der Waals surface area contributed by atoms with Crippen LogP contribution < -0.4 is 5.32 Å². The molecule has 28 heavy (non-hydrogen) atoms. The number of carbonyl (C=O) groups excluding carboxylic acids is 1. The van der Waals surface area contributed by atoms with Gasteiger partial charge in [0.25, 0.3) is 0 Å². The van der Waals surface area contributed by atoms with Gasteiger partial charge in [-0.05, 0) is 45.4 Å². The lowest BCUT2D eigenvalue weighted by molar-refractivity contribution is -0.119. The highest BCUT2D eigenvalue weighted by molar-refractivity contribution is 6.32. The minimum atomic E-state index is -0.553. The number of nitrogens with zero attached hydrogens (tertiary/aromatic N) is 4. The van der Waals surface area contributed by atoms with Crippen LogP contribution in [-0.4, -0.2) is 25.5 Å². The van der Waals surface area contributed by atoms with Crippen LogP contribution in [0.25, 0.3) is 0 Å². The fraction of sp³-hybridized carbons (Fsp3) is 0.316. The van der Waals surface area contributed by atoms with Gasteiger partial charge in [0.05, 0.1) is 23.0 Å². The Balaban J connectivity index is 1.75. The quantitative estimate of drug-likeness (QED) is 0.646. The molecule has 3 rings (SSSR count). The summed E-state index contributed by atoms with van der Waals surface area (Å²) in [5, 5.41) is 12.4. The van der Waals surface area contributed by atoms with Gasteiger partial charge in [-0.3, -0.25) is 14.2 Å². The van der Waals surface area contributed by atoms with Crippen molar-refractivity contribution in [2.75, 3.05) is 5.32 Å². The highest BCUT2D eigenvalue weighted by Crippen LogP contribution is 2.23. The molecular formula is C19H20Cl2FN5O. The summed E-state index contributed by atoms with van der Waals surface area (Å²) in [5.41, 5.74) is 2.97. The minimum Gasteiger partial charge on any atom is -0.307 e. The maximum atomic E-state index is 13.2. The van der Waals surface area contributed by atoms with Gasteiger partial charge in [-0.2, -0.15) is 10.2 Å². The predicted octanol–water partition coefficient (Wildman–Crippen LogP) is 4.70. The van der Waals surface area contributed by atoms with Crippen LogP contribution in [0.4, 0.5) is 10.2 Å². The maximum absolute atomic E-state index is 13.2. The first kappa shape index (κ1) is 20.4. The molecule has 1 unspecified atom stereocenters. The average Bonchev–Trinajstić information content (AvgIpc) is 3.10. The summed E-state index contributed by atoms with van der Waals surface area (Å²) in [6.07, 6.45) is 0. The number of carbonyl (C=O) groups is 1. The topological polar surface area (TPSA) is 64.7 Å². The number of hydrogen-bond donors (Lipinski definition) is 1. The molecule has 1 amide bonds. The Labute approximate surface area is 172 Å². The molecular weight excluding hydrogens is 404 g/mol. The van der Waals surface area contributed by atoms with Crippen molar-refractivity contribution < 1.29 is 9.18 Å². The van der Waals surface area contributed by atoms with Crippen molar-refractivity contribution in [3.8, 4) is 0 Å². The van der Waals surface area contributed by atoms with Gasteiger partial charge in [-0.1, -0.05) is 29.3 Å². The number of hydrogen-bond acceptors (Lipinski definition) is 3. The number of benzene rings is 1. The Morgan fingerprint density at radius 2 is 1.93 bits per heavy atom. The SMILES string of the molecule is Cc1nn(C(C)C(=O)Nc2cc(C)n(Cc3ccc(F)cc3Cl)n2)c(C)c1Cl. The van der Waals surface area contributed by atoms with Crippen LogP contribution in [0.15, 0.2) is 24.3 Å². The van der Waals surface area contributed by atoms with Crippen LogP contribution >= 0.6 is 23.2 Å². The van der Waals surface area contributed by atoms with Crippen LogP contribution in [0.3, 0.4) is 0 Å². The zero-order valence-corrected chi connectivity index (χ0v) is 17.4. The molecule has 0 saturated carbocycles. The summed E-state index contributed by atoms with van der Waals surface area (Å²) in [5.74, 6) is -0.232. The van der Waals surface area contributed by atoms with E-state index < -0.39 is 11.9 Å². The Morgan fingerprint density at radius 3 is 2.54 bits per heavy atom. The number of rotatable bonds is 5. The van der Waals surface area contributed by atoms with E-state index in [1.807, 2.05) is 13.8 Å². The van der Waals surface area contributed by atoms with E-state index in [0.29, 0.717) is 28.1 Å². The molecule has 6 nitrogen and oxygen atoms in total. The van der Waals surface area contributed by atoms with Gasteiger partial charge in [-0.25, -0.2) is 4.39 Å². The lowest BCUT2D eigenvalue weighted by atomic mass is 10.2. The van der Waals surface area contributed by atoms with Crippen LogP contribution in [0.5, 0.6) is 0 Å². The molecule has 148 valence electrons. The van der Waals surface area contributed by atoms with E-state index in [-0.39, 0.29) is 5.91 Å². The van der Waals surface area contributed by atoms with Gasteiger partial charge in [0.2, 0.25) is 5.91 Å². The summed E-state index contributed by atoms with van der Waals surface area (Å²) < 4.78 is 16.5. The summed E-state index contributed by atoms with van der Waals surface area (Å²) >= 11 is 12.3. The molecule has 1 atom stereocenters. The summed E-state index contributed by atoms with van der Waals surface area (Å²) in [7, 11) is 0. The summed E-state index contributed by atoms with van der Waals surface area (Å²) in [4.78, 5) is 12.6. The molecule has 3 aromatic rings. The second kappa shape index (κ2) is 7.93. The first-order chi connectivity index (χ1) is 13.2. The largest absolute Gasteiger partial charge is 0.307 e. The lowest BCUT2D eigenvalue weighted by Gasteiger charge is -2.13. The zero-order valence-electron chi connectivity index (χ0n) is 15.9. The maximum Gasteiger partial charge on any atom is 0.250 e. The third kappa shape index (κ3) is 4.05. The number of aromatic nitrogens is 4. The van der Waals surface area contributed by atoms with E-state index in [9.17, 15) is 9.18 Å². The lowest BCUT2D eigenvalue weighted by Crippen LogP contribution is -2.25. The number of halogens is 3. The summed E-state index contributed by atoms with van der Waals surface area (Å²) in [6, 6.07) is 5.44. The number of anilines is 1. The van der Waals surface area contributed by atoms with Crippen molar-refractivity contribution in [3.63, 3.8) is 0 Å². The van der Waals surface area contributed by atoms with Crippen LogP contribution in [-0.2, 0) is 11.3 Å².